The summed E-state index contributed by atoms with van der Waals surface area (Å²) < 4.78 is 5.07. The van der Waals surface area contributed by atoms with Crippen LogP contribution in [0.25, 0.3) is 0 Å². The summed E-state index contributed by atoms with van der Waals surface area (Å²) in [6, 6.07) is 7.49. The molecule has 27 heavy (non-hydrogen) atoms. The van der Waals surface area contributed by atoms with E-state index in [-0.39, 0.29) is 18.7 Å². The molecule has 0 radical (unpaired) electrons. The van der Waals surface area contributed by atoms with Crippen molar-refractivity contribution in [2.75, 3.05) is 26.2 Å². The summed E-state index contributed by atoms with van der Waals surface area (Å²) >= 11 is 5.92. The fourth-order valence-electron chi connectivity index (χ4n) is 2.85. The Morgan fingerprint density at radius 1 is 1.52 bits per heavy atom. The van der Waals surface area contributed by atoms with Crippen LogP contribution in [0.1, 0.15) is 31.7 Å². The molecule has 1 aliphatic heterocycles. The number of rotatable bonds is 11. The zero-order chi connectivity index (χ0) is 19.6. The van der Waals surface area contributed by atoms with E-state index in [4.69, 9.17) is 21.2 Å². The van der Waals surface area contributed by atoms with Gasteiger partial charge in [0.15, 0.2) is 0 Å². The van der Waals surface area contributed by atoms with Gasteiger partial charge in [0.05, 0.1) is 5.71 Å². The molecule has 1 aliphatic rings. The molecular weight excluding hydrogens is 368 g/mol. The van der Waals surface area contributed by atoms with Crippen molar-refractivity contribution in [3.63, 3.8) is 0 Å². The topological polar surface area (TPSA) is 71.4 Å². The van der Waals surface area contributed by atoms with Gasteiger partial charge in [-0.25, -0.2) is 0 Å². The fraction of sp³-hybridized carbons (Fsp3) is 0.500. The predicted molar refractivity (Wildman–Crippen MR) is 106 cm³/mol. The van der Waals surface area contributed by atoms with E-state index in [1.165, 1.54) is 0 Å². The Labute approximate surface area is 165 Å². The largest absolute Gasteiger partial charge is 0.463 e. The maximum Gasteiger partial charge on any atom is 0.305 e. The third-order valence-electron chi connectivity index (χ3n) is 4.12. The van der Waals surface area contributed by atoms with Crippen LogP contribution >= 0.6 is 11.6 Å². The molecule has 0 amide bonds. The fourth-order valence-corrected chi connectivity index (χ4v) is 2.98. The number of hydrogen-bond donors (Lipinski definition) is 1. The van der Waals surface area contributed by atoms with Gasteiger partial charge in [-0.3, -0.25) is 9.69 Å². The molecule has 2 atom stereocenters. The van der Waals surface area contributed by atoms with Crippen molar-refractivity contribution in [1.82, 2.24) is 4.90 Å². The first kappa shape index (κ1) is 21.4. The molecule has 0 unspecified atom stereocenters. The normalized spacial score (nSPS) is 17.3. The van der Waals surface area contributed by atoms with Crippen molar-refractivity contribution in [3.8, 4) is 0 Å². The summed E-state index contributed by atoms with van der Waals surface area (Å²) in [6.45, 7) is 7.21. The Bertz CT molecular complexity index is 648. The van der Waals surface area contributed by atoms with Gasteiger partial charge in [-0.05, 0) is 24.1 Å². The molecule has 148 valence electrons. The first-order valence-electron chi connectivity index (χ1n) is 9.17. The van der Waals surface area contributed by atoms with E-state index in [0.717, 1.165) is 17.7 Å². The third kappa shape index (κ3) is 7.33. The van der Waals surface area contributed by atoms with E-state index in [2.05, 4.69) is 11.7 Å². The van der Waals surface area contributed by atoms with Crippen molar-refractivity contribution < 1.29 is 19.5 Å². The summed E-state index contributed by atoms with van der Waals surface area (Å²) in [5.74, 6) is -0.285. The van der Waals surface area contributed by atoms with Gasteiger partial charge in [-0.2, -0.15) is 0 Å². The molecule has 0 aromatic heterocycles. The van der Waals surface area contributed by atoms with Crippen LogP contribution in [0.2, 0.25) is 5.02 Å². The minimum Gasteiger partial charge on any atom is -0.463 e. The number of oxime groups is 1. The number of carbonyl (C=O) groups excluding carboxylic acids is 1. The van der Waals surface area contributed by atoms with Crippen LogP contribution in [0.5, 0.6) is 0 Å². The number of halogens is 1. The van der Waals surface area contributed by atoms with Gasteiger partial charge >= 0.3 is 5.97 Å². The van der Waals surface area contributed by atoms with Crippen molar-refractivity contribution in [2.45, 2.75) is 38.4 Å². The molecule has 0 fully saturated rings. The van der Waals surface area contributed by atoms with Crippen LogP contribution in [0, 0.1) is 0 Å². The van der Waals surface area contributed by atoms with Crippen LogP contribution in [0.3, 0.4) is 0 Å². The average molecular weight is 395 g/mol. The number of aliphatic hydroxyl groups is 1. The zero-order valence-electron chi connectivity index (χ0n) is 15.6. The molecule has 1 aromatic carbocycles. The minimum atomic E-state index is -0.760. The van der Waals surface area contributed by atoms with Gasteiger partial charge in [0, 0.05) is 37.5 Å². The number of nitrogens with zero attached hydrogens (tertiary/aromatic N) is 2. The molecule has 1 N–H and O–H groups in total. The first-order valence-corrected chi connectivity index (χ1v) is 9.55. The van der Waals surface area contributed by atoms with Gasteiger partial charge in [0.1, 0.15) is 18.8 Å². The van der Waals surface area contributed by atoms with E-state index < -0.39 is 6.10 Å². The average Bonchev–Trinajstić information content (AvgIpc) is 3.09. The van der Waals surface area contributed by atoms with Crippen molar-refractivity contribution >= 4 is 23.3 Å². The van der Waals surface area contributed by atoms with Crippen molar-refractivity contribution in [2.24, 2.45) is 5.16 Å². The van der Waals surface area contributed by atoms with Crippen LogP contribution in [0.15, 0.2) is 42.1 Å². The van der Waals surface area contributed by atoms with Crippen molar-refractivity contribution in [1.29, 1.82) is 0 Å². The Morgan fingerprint density at radius 3 is 2.93 bits per heavy atom. The summed E-state index contributed by atoms with van der Waals surface area (Å²) in [5, 5.41) is 15.0. The lowest BCUT2D eigenvalue weighted by Gasteiger charge is -2.25. The monoisotopic (exact) mass is 394 g/mol. The van der Waals surface area contributed by atoms with Crippen LogP contribution in [-0.4, -0.2) is 60.1 Å². The Morgan fingerprint density at radius 2 is 2.26 bits per heavy atom. The second kappa shape index (κ2) is 11.1. The van der Waals surface area contributed by atoms with Gasteiger partial charge in [0.2, 0.25) is 0 Å². The molecule has 7 heteroatoms. The number of esters is 1. The summed E-state index contributed by atoms with van der Waals surface area (Å²) in [4.78, 5) is 19.0. The smallest absolute Gasteiger partial charge is 0.305 e. The third-order valence-corrected chi connectivity index (χ3v) is 4.37. The Kier molecular flexibility index (Phi) is 8.78. The highest BCUT2D eigenvalue weighted by atomic mass is 35.5. The van der Waals surface area contributed by atoms with Crippen molar-refractivity contribution in [3.05, 3.63) is 47.5 Å². The molecule has 2 rings (SSSR count). The summed E-state index contributed by atoms with van der Waals surface area (Å²) in [5.41, 5.74) is 1.87. The van der Waals surface area contributed by atoms with Gasteiger partial charge in [0.25, 0.3) is 0 Å². The van der Waals surface area contributed by atoms with Crippen LogP contribution < -0.4 is 0 Å². The Hall–Kier alpha value is -1.89. The molecule has 0 aliphatic carbocycles. The lowest BCUT2D eigenvalue weighted by molar-refractivity contribution is -0.147. The summed E-state index contributed by atoms with van der Waals surface area (Å²) in [6.07, 6.45) is 2.67. The number of benzene rings is 1. The molecule has 1 aromatic rings. The van der Waals surface area contributed by atoms with Gasteiger partial charge in [-0.15, -0.1) is 6.58 Å². The van der Waals surface area contributed by atoms with E-state index in [1.54, 1.807) is 6.08 Å². The second-order valence-electron chi connectivity index (χ2n) is 6.57. The highest BCUT2D eigenvalue weighted by Crippen LogP contribution is 2.19. The molecule has 0 bridgehead atoms. The number of ether oxygens (including phenoxy) is 1. The Balaban J connectivity index is 1.81. The molecule has 0 saturated carbocycles. The zero-order valence-corrected chi connectivity index (χ0v) is 16.4. The quantitative estimate of drug-likeness (QED) is 0.461. The molecule has 0 spiro atoms. The standard InChI is InChI=1S/C20H27ClN2O4/c1-3-5-20(25)26-14-17(24)12-23(10-4-2)13-18-11-19(22-27-18)15-6-8-16(21)9-7-15/h4,6-9,17-18,24H,2-3,5,10-14H2,1H3/t17-,18+/m1/s1. The number of aliphatic hydroxyl groups excluding tert-OH is 1. The maximum atomic E-state index is 11.4. The van der Waals surface area contributed by atoms with E-state index in [9.17, 15) is 9.90 Å². The van der Waals surface area contributed by atoms with Gasteiger partial charge in [-0.1, -0.05) is 41.9 Å². The number of carbonyl (C=O) groups is 1. The van der Waals surface area contributed by atoms with Crippen LogP contribution in [-0.2, 0) is 14.4 Å². The van der Waals surface area contributed by atoms with Gasteiger partial charge < -0.3 is 14.7 Å². The molecule has 0 saturated heterocycles. The lowest BCUT2D eigenvalue weighted by Crippen LogP contribution is -2.40. The molecular formula is C20H27ClN2O4. The highest BCUT2D eigenvalue weighted by Gasteiger charge is 2.25. The summed E-state index contributed by atoms with van der Waals surface area (Å²) in [7, 11) is 0. The number of hydrogen-bond acceptors (Lipinski definition) is 6. The SMILES string of the molecule is C=CCN(C[C@@H](O)COC(=O)CCC)C[C@@H]1CC(c2ccc(Cl)cc2)=NO1. The lowest BCUT2D eigenvalue weighted by atomic mass is 10.0. The van der Waals surface area contributed by atoms with E-state index in [0.29, 0.717) is 37.5 Å². The molecule has 6 nitrogen and oxygen atoms in total. The first-order chi connectivity index (χ1) is 13.0. The predicted octanol–water partition coefficient (Wildman–Crippen LogP) is 3.03. The maximum absolute atomic E-state index is 11.4. The highest BCUT2D eigenvalue weighted by molar-refractivity contribution is 6.30. The van der Waals surface area contributed by atoms with E-state index in [1.807, 2.05) is 36.1 Å². The van der Waals surface area contributed by atoms with E-state index >= 15 is 0 Å². The molecule has 1 heterocycles. The van der Waals surface area contributed by atoms with Crippen LogP contribution in [0.4, 0.5) is 0 Å². The second-order valence-corrected chi connectivity index (χ2v) is 7.01. The minimum absolute atomic E-state index is 0.00940.